The van der Waals surface area contributed by atoms with Gasteiger partial charge in [0.1, 0.15) is 12.2 Å². The Hall–Kier alpha value is -2.24. The SMILES string of the molecule is C[C@H]1CC[C@H](O)[C@H](OCCN(CCCO[C@H]2O[C@H](CO)C[C@H](O)[C@@H]2O)C(=O)CCCCCCCC(=O)ON2C(=O)CCC2=O)O1. The molecule has 0 aliphatic carbocycles. The van der Waals surface area contributed by atoms with E-state index in [4.69, 9.17) is 23.8 Å². The zero-order valence-electron chi connectivity index (χ0n) is 26.1. The highest BCUT2D eigenvalue weighted by atomic mass is 16.7. The standard InChI is InChI=1S/C30H50N2O13/c1-20-10-11-22(34)29(43-20)42-17-15-31(14-7-16-41-30-28(40)23(35)18-21(19-33)44-30)24(36)8-5-3-2-4-6-9-27(39)45-32-25(37)12-13-26(32)38/h20-23,28-30,33-35,40H,2-19H2,1H3/t20-,21-,22-,23-,28-,29+,30-/m0/s1. The van der Waals surface area contributed by atoms with E-state index >= 15 is 0 Å². The molecule has 0 aromatic carbocycles. The summed E-state index contributed by atoms with van der Waals surface area (Å²) in [6, 6.07) is 0. The molecule has 0 bridgehead atoms. The van der Waals surface area contributed by atoms with Crippen LogP contribution in [0.3, 0.4) is 0 Å². The minimum Gasteiger partial charge on any atom is -0.394 e. The number of carbonyl (C=O) groups excluding carboxylic acids is 4. The Bertz CT molecular complexity index is 937. The van der Waals surface area contributed by atoms with Gasteiger partial charge in [-0.05, 0) is 39.0 Å². The number of hydrogen-bond donors (Lipinski definition) is 4. The van der Waals surface area contributed by atoms with Crippen molar-refractivity contribution in [3.8, 4) is 0 Å². The van der Waals surface area contributed by atoms with Crippen molar-refractivity contribution in [1.29, 1.82) is 0 Å². The van der Waals surface area contributed by atoms with Crippen LogP contribution in [0.25, 0.3) is 0 Å². The maximum atomic E-state index is 13.1. The summed E-state index contributed by atoms with van der Waals surface area (Å²) in [6.45, 7) is 2.53. The van der Waals surface area contributed by atoms with Crippen LogP contribution in [0.4, 0.5) is 0 Å². The molecule has 3 fully saturated rings. The topological polar surface area (TPSA) is 202 Å². The van der Waals surface area contributed by atoms with Crippen molar-refractivity contribution in [3.05, 3.63) is 0 Å². The number of hydrogen-bond acceptors (Lipinski definition) is 13. The summed E-state index contributed by atoms with van der Waals surface area (Å²) in [5.74, 6) is -1.71. The third kappa shape index (κ3) is 12.5. The third-order valence-electron chi connectivity index (χ3n) is 8.08. The van der Waals surface area contributed by atoms with Gasteiger partial charge in [-0.1, -0.05) is 19.3 Å². The molecule has 0 radical (unpaired) electrons. The van der Waals surface area contributed by atoms with E-state index in [1.807, 2.05) is 6.92 Å². The molecule has 0 saturated carbocycles. The predicted octanol–water partition coefficient (Wildman–Crippen LogP) is 0.291. The average molecular weight is 647 g/mol. The van der Waals surface area contributed by atoms with Crippen LogP contribution in [0.2, 0.25) is 0 Å². The van der Waals surface area contributed by atoms with E-state index in [-0.39, 0.29) is 64.1 Å². The number of carbonyl (C=O) groups is 4. The molecule has 0 spiro atoms. The number of unbranched alkanes of at least 4 members (excludes halogenated alkanes) is 4. The van der Waals surface area contributed by atoms with Gasteiger partial charge >= 0.3 is 5.97 Å². The first-order valence-electron chi connectivity index (χ1n) is 16.1. The fourth-order valence-electron chi connectivity index (χ4n) is 5.39. The molecule has 258 valence electrons. The van der Waals surface area contributed by atoms with E-state index in [0.717, 1.165) is 25.7 Å². The van der Waals surface area contributed by atoms with Gasteiger partial charge in [0.2, 0.25) is 5.91 Å². The van der Waals surface area contributed by atoms with Gasteiger partial charge in [0.25, 0.3) is 11.8 Å². The Labute approximate surface area is 263 Å². The summed E-state index contributed by atoms with van der Waals surface area (Å²) in [5, 5.41) is 40.2. The highest BCUT2D eigenvalue weighted by Gasteiger charge is 2.37. The van der Waals surface area contributed by atoms with E-state index in [0.29, 0.717) is 43.7 Å². The minimum absolute atomic E-state index is 0.0290. The first-order valence-corrected chi connectivity index (χ1v) is 16.1. The maximum absolute atomic E-state index is 13.1. The third-order valence-corrected chi connectivity index (χ3v) is 8.08. The molecule has 0 unspecified atom stereocenters. The zero-order valence-corrected chi connectivity index (χ0v) is 26.1. The monoisotopic (exact) mass is 646 g/mol. The van der Waals surface area contributed by atoms with Gasteiger partial charge in [-0.2, -0.15) is 0 Å². The molecular weight excluding hydrogens is 596 g/mol. The number of aliphatic hydroxyl groups excluding tert-OH is 4. The van der Waals surface area contributed by atoms with E-state index < -0.39 is 54.8 Å². The van der Waals surface area contributed by atoms with Crippen molar-refractivity contribution in [3.63, 3.8) is 0 Å². The summed E-state index contributed by atoms with van der Waals surface area (Å²) in [4.78, 5) is 54.6. The lowest BCUT2D eigenvalue weighted by Crippen LogP contribution is -2.50. The van der Waals surface area contributed by atoms with Gasteiger partial charge in [0.15, 0.2) is 12.6 Å². The lowest BCUT2D eigenvalue weighted by Gasteiger charge is -2.36. The minimum atomic E-state index is -1.24. The van der Waals surface area contributed by atoms with E-state index in [9.17, 15) is 39.6 Å². The molecule has 15 heteroatoms. The van der Waals surface area contributed by atoms with Gasteiger partial charge in [-0.3, -0.25) is 14.4 Å². The molecule has 15 nitrogen and oxygen atoms in total. The average Bonchev–Trinajstić information content (AvgIpc) is 3.33. The molecular formula is C30H50N2O13. The molecule has 4 N–H and O–H groups in total. The zero-order chi connectivity index (χ0) is 32.8. The van der Waals surface area contributed by atoms with Gasteiger partial charge in [-0.25, -0.2) is 4.79 Å². The van der Waals surface area contributed by atoms with Gasteiger partial charge in [-0.15, -0.1) is 5.06 Å². The normalized spacial score (nSPS) is 28.8. The second-order valence-corrected chi connectivity index (χ2v) is 11.9. The maximum Gasteiger partial charge on any atom is 0.333 e. The smallest absolute Gasteiger partial charge is 0.333 e. The van der Waals surface area contributed by atoms with Crippen molar-refractivity contribution in [2.24, 2.45) is 0 Å². The number of hydroxylamine groups is 2. The molecule has 3 rings (SSSR count). The van der Waals surface area contributed by atoms with E-state index in [2.05, 4.69) is 0 Å². The summed E-state index contributed by atoms with van der Waals surface area (Å²) < 4.78 is 22.6. The van der Waals surface area contributed by atoms with Crippen LogP contribution in [-0.4, -0.2) is 130 Å². The number of aliphatic hydroxyl groups is 4. The Balaban J connectivity index is 1.37. The predicted molar refractivity (Wildman–Crippen MR) is 155 cm³/mol. The van der Waals surface area contributed by atoms with Crippen LogP contribution in [0.5, 0.6) is 0 Å². The van der Waals surface area contributed by atoms with E-state index in [1.165, 1.54) is 0 Å². The molecule has 3 aliphatic heterocycles. The second kappa shape index (κ2) is 19.4. The Morgan fingerprint density at radius 1 is 0.844 bits per heavy atom. The van der Waals surface area contributed by atoms with Crippen molar-refractivity contribution in [2.45, 2.75) is 133 Å². The van der Waals surface area contributed by atoms with Gasteiger partial charge < -0.3 is 49.1 Å². The van der Waals surface area contributed by atoms with Crippen molar-refractivity contribution >= 4 is 23.7 Å². The number of ether oxygens (including phenoxy) is 4. The highest BCUT2D eigenvalue weighted by Crippen LogP contribution is 2.22. The van der Waals surface area contributed by atoms with Crippen LogP contribution < -0.4 is 0 Å². The highest BCUT2D eigenvalue weighted by molar-refractivity contribution is 6.01. The number of amides is 3. The summed E-state index contributed by atoms with van der Waals surface area (Å²) >= 11 is 0. The molecule has 3 aliphatic rings. The van der Waals surface area contributed by atoms with Gasteiger partial charge in [0.05, 0.1) is 38.1 Å². The first-order chi connectivity index (χ1) is 21.6. The Morgan fingerprint density at radius 3 is 2.22 bits per heavy atom. The summed E-state index contributed by atoms with van der Waals surface area (Å²) in [6.07, 6.45) is 0.246. The first kappa shape index (κ1) is 37.2. The fourth-order valence-corrected chi connectivity index (χ4v) is 5.39. The van der Waals surface area contributed by atoms with Crippen LogP contribution in [-0.2, 0) is 43.0 Å². The van der Waals surface area contributed by atoms with E-state index in [1.54, 1.807) is 4.90 Å². The van der Waals surface area contributed by atoms with Crippen molar-refractivity contribution < 1.29 is 63.4 Å². The van der Waals surface area contributed by atoms with Crippen LogP contribution in [0.1, 0.15) is 90.4 Å². The Morgan fingerprint density at radius 2 is 1.51 bits per heavy atom. The Kier molecular flexibility index (Phi) is 16.1. The molecule has 0 aromatic rings. The number of rotatable bonds is 19. The molecule has 45 heavy (non-hydrogen) atoms. The molecule has 3 heterocycles. The molecule has 3 saturated heterocycles. The second-order valence-electron chi connectivity index (χ2n) is 11.9. The van der Waals surface area contributed by atoms with Crippen LogP contribution >= 0.6 is 0 Å². The summed E-state index contributed by atoms with van der Waals surface area (Å²) in [7, 11) is 0. The lowest BCUT2D eigenvalue weighted by molar-refractivity contribution is -0.271. The molecule has 0 aromatic heterocycles. The largest absolute Gasteiger partial charge is 0.394 e. The van der Waals surface area contributed by atoms with Crippen LogP contribution in [0, 0.1) is 0 Å². The van der Waals surface area contributed by atoms with Gasteiger partial charge in [0, 0.05) is 45.2 Å². The van der Waals surface area contributed by atoms with Crippen molar-refractivity contribution in [2.75, 3.05) is 32.9 Å². The number of imide groups is 1. The summed E-state index contributed by atoms with van der Waals surface area (Å²) in [5.41, 5.74) is 0. The molecule has 3 amide bonds. The quantitative estimate of drug-likeness (QED) is 0.110. The van der Waals surface area contributed by atoms with Crippen molar-refractivity contribution in [1.82, 2.24) is 9.96 Å². The van der Waals surface area contributed by atoms with Crippen LogP contribution in [0.15, 0.2) is 0 Å². The fraction of sp³-hybridized carbons (Fsp3) is 0.867. The lowest BCUT2D eigenvalue weighted by atomic mass is 10.0. The number of nitrogens with zero attached hydrogens (tertiary/aromatic N) is 2. The molecule has 7 atom stereocenters.